The molecular weight excluding hydrogens is 424 g/mol. The van der Waals surface area contributed by atoms with Gasteiger partial charge in [-0.25, -0.2) is 14.3 Å². The number of rotatable bonds is 6. The number of hydrogen-bond acceptors (Lipinski definition) is 7. The Morgan fingerprint density at radius 2 is 1.87 bits per heavy atom. The van der Waals surface area contributed by atoms with Gasteiger partial charge in [-0.2, -0.15) is 13.2 Å². The van der Waals surface area contributed by atoms with Crippen molar-refractivity contribution in [3.8, 4) is 17.1 Å². The van der Waals surface area contributed by atoms with Crippen molar-refractivity contribution in [3.05, 3.63) is 41.5 Å². The molecule has 0 aliphatic rings. The highest BCUT2D eigenvalue weighted by Crippen LogP contribution is 2.34. The number of aromatic nitrogens is 5. The second kappa shape index (κ2) is 8.14. The third kappa shape index (κ3) is 5.34. The zero-order valence-corrected chi connectivity index (χ0v) is 14.9. The number of hydrogen-bond donors (Lipinski definition) is 0. The van der Waals surface area contributed by atoms with Crippen LogP contribution >= 0.6 is 0 Å². The summed E-state index contributed by atoms with van der Waals surface area (Å²) in [5, 5.41) is 10.7. The zero-order chi connectivity index (χ0) is 21.9. The van der Waals surface area contributed by atoms with Crippen LogP contribution in [0.2, 0.25) is 0 Å². The predicted molar refractivity (Wildman–Crippen MR) is 87.4 cm³/mol. The number of ether oxygens (including phenoxy) is 2. The summed E-state index contributed by atoms with van der Waals surface area (Å²) in [6.07, 6.45) is -5.81. The number of benzene rings is 1. The molecular formula is C16H11F6N5O3. The van der Waals surface area contributed by atoms with Gasteiger partial charge in [-0.3, -0.25) is 4.74 Å². The molecule has 0 aliphatic carbocycles. The number of halogens is 6. The Bertz CT molecular complexity index is 1040. The molecule has 2 aromatic heterocycles. The van der Waals surface area contributed by atoms with Gasteiger partial charge >= 0.3 is 12.5 Å². The van der Waals surface area contributed by atoms with E-state index in [1.165, 1.54) is 31.8 Å². The molecule has 0 fully saturated rings. The second-order valence-corrected chi connectivity index (χ2v) is 5.64. The molecule has 0 saturated heterocycles. The van der Waals surface area contributed by atoms with E-state index in [-0.39, 0.29) is 28.5 Å². The molecule has 0 radical (unpaired) electrons. The van der Waals surface area contributed by atoms with Gasteiger partial charge in [0.05, 0.1) is 12.7 Å². The van der Waals surface area contributed by atoms with Gasteiger partial charge in [-0.1, -0.05) is 10.3 Å². The lowest BCUT2D eigenvalue weighted by atomic mass is 10.1. The van der Waals surface area contributed by atoms with E-state index in [0.29, 0.717) is 0 Å². The van der Waals surface area contributed by atoms with Crippen LogP contribution in [0, 0.1) is 0 Å². The van der Waals surface area contributed by atoms with Gasteiger partial charge in [-0.15, -0.1) is 18.3 Å². The molecule has 1 aromatic carbocycles. The molecule has 2 heterocycles. The largest absolute Gasteiger partial charge is 0.522 e. The van der Waals surface area contributed by atoms with E-state index in [1.54, 1.807) is 0 Å². The Labute approximate surface area is 163 Å². The fourth-order valence-electron chi connectivity index (χ4n) is 2.23. The van der Waals surface area contributed by atoms with E-state index in [9.17, 15) is 26.3 Å². The standard InChI is InChI=1S/C16H11F6N5O3/c1-28-11-5-9(4-10(6-11)15(17,18)19)14-23-8-27(24-14)3-2-12-13(26-30-25-12)7-29-16(20,21)22/h2-6,8H,7H2,1H3/b3-2-. The monoisotopic (exact) mass is 435 g/mol. The lowest BCUT2D eigenvalue weighted by Crippen LogP contribution is -2.13. The highest BCUT2D eigenvalue weighted by atomic mass is 19.4. The molecule has 3 aromatic rings. The van der Waals surface area contributed by atoms with Crippen LogP contribution in [0.15, 0.2) is 29.2 Å². The lowest BCUT2D eigenvalue weighted by Gasteiger charge is -2.10. The van der Waals surface area contributed by atoms with Crippen LogP contribution < -0.4 is 4.74 Å². The maximum absolute atomic E-state index is 13.0. The third-order valence-corrected chi connectivity index (χ3v) is 3.58. The minimum absolute atomic E-state index is 0.0327. The first-order valence-electron chi connectivity index (χ1n) is 7.93. The average Bonchev–Trinajstić information content (AvgIpc) is 3.32. The number of alkyl halides is 6. The fraction of sp³-hybridized carbons (Fsp3) is 0.250. The Hall–Kier alpha value is -3.42. The smallest absolute Gasteiger partial charge is 0.497 e. The van der Waals surface area contributed by atoms with Gasteiger partial charge in [-0.05, 0) is 24.3 Å². The minimum atomic E-state index is -4.85. The summed E-state index contributed by atoms with van der Waals surface area (Å²) in [5.74, 6) is -0.0716. The summed E-state index contributed by atoms with van der Waals surface area (Å²) >= 11 is 0. The first-order chi connectivity index (χ1) is 14.0. The van der Waals surface area contributed by atoms with Crippen LogP contribution in [0.5, 0.6) is 5.75 Å². The average molecular weight is 435 g/mol. The molecule has 0 bridgehead atoms. The van der Waals surface area contributed by atoms with Crippen molar-refractivity contribution in [2.45, 2.75) is 19.1 Å². The molecule has 8 nitrogen and oxygen atoms in total. The van der Waals surface area contributed by atoms with Gasteiger partial charge in [0.15, 0.2) is 5.82 Å². The summed E-state index contributed by atoms with van der Waals surface area (Å²) < 4.78 is 89.5. The molecule has 0 amide bonds. The summed E-state index contributed by atoms with van der Waals surface area (Å²) in [5.41, 5.74) is -1.16. The van der Waals surface area contributed by atoms with E-state index in [1.807, 2.05) is 0 Å². The first-order valence-corrected chi connectivity index (χ1v) is 7.93. The minimum Gasteiger partial charge on any atom is -0.497 e. The van der Waals surface area contributed by atoms with Crippen LogP contribution in [-0.4, -0.2) is 38.5 Å². The van der Waals surface area contributed by atoms with Crippen LogP contribution in [0.25, 0.3) is 23.7 Å². The number of methoxy groups -OCH3 is 1. The highest BCUT2D eigenvalue weighted by molar-refractivity contribution is 5.61. The molecule has 0 aliphatic heterocycles. The van der Waals surface area contributed by atoms with E-state index in [0.717, 1.165) is 16.8 Å². The summed E-state index contributed by atoms with van der Waals surface area (Å²) in [6.45, 7) is -0.917. The molecule has 0 N–H and O–H groups in total. The van der Waals surface area contributed by atoms with Crippen LogP contribution in [0.1, 0.15) is 17.0 Å². The fourth-order valence-corrected chi connectivity index (χ4v) is 2.23. The molecule has 0 spiro atoms. The van der Waals surface area contributed by atoms with Crippen molar-refractivity contribution in [1.82, 2.24) is 25.1 Å². The van der Waals surface area contributed by atoms with Crippen molar-refractivity contribution >= 4 is 12.3 Å². The summed E-state index contributed by atoms with van der Waals surface area (Å²) in [6, 6.07) is 3.02. The van der Waals surface area contributed by atoms with E-state index < -0.39 is 24.7 Å². The normalized spacial score (nSPS) is 12.6. The molecule has 3 rings (SSSR count). The van der Waals surface area contributed by atoms with Crippen molar-refractivity contribution < 1.29 is 40.4 Å². The van der Waals surface area contributed by atoms with Gasteiger partial charge in [0.2, 0.25) is 0 Å². The maximum Gasteiger partial charge on any atom is 0.522 e. The Balaban J connectivity index is 1.81. The summed E-state index contributed by atoms with van der Waals surface area (Å²) in [4.78, 5) is 3.92. The number of nitrogens with zero attached hydrogens (tertiary/aromatic N) is 5. The lowest BCUT2D eigenvalue weighted by molar-refractivity contribution is -0.330. The third-order valence-electron chi connectivity index (χ3n) is 3.58. The maximum atomic E-state index is 13.0. The van der Waals surface area contributed by atoms with Gasteiger partial charge in [0.25, 0.3) is 0 Å². The molecule has 0 saturated carbocycles. The summed E-state index contributed by atoms with van der Waals surface area (Å²) in [7, 11) is 1.22. The van der Waals surface area contributed by atoms with E-state index in [4.69, 9.17) is 4.74 Å². The van der Waals surface area contributed by atoms with Crippen LogP contribution in [0.3, 0.4) is 0 Å². The molecule has 0 unspecified atom stereocenters. The Morgan fingerprint density at radius 1 is 1.10 bits per heavy atom. The van der Waals surface area contributed by atoms with E-state index >= 15 is 0 Å². The Kier molecular flexibility index (Phi) is 5.78. The van der Waals surface area contributed by atoms with Crippen LogP contribution in [-0.2, 0) is 17.5 Å². The van der Waals surface area contributed by atoms with Gasteiger partial charge in [0.1, 0.15) is 30.1 Å². The second-order valence-electron chi connectivity index (χ2n) is 5.64. The van der Waals surface area contributed by atoms with Gasteiger partial charge < -0.3 is 4.74 Å². The highest BCUT2D eigenvalue weighted by Gasteiger charge is 2.32. The van der Waals surface area contributed by atoms with Crippen molar-refractivity contribution in [1.29, 1.82) is 0 Å². The van der Waals surface area contributed by atoms with Crippen molar-refractivity contribution in [3.63, 3.8) is 0 Å². The quantitative estimate of drug-likeness (QED) is 0.541. The Morgan fingerprint density at radius 3 is 2.53 bits per heavy atom. The predicted octanol–water partition coefficient (Wildman–Crippen LogP) is 4.02. The molecule has 160 valence electrons. The van der Waals surface area contributed by atoms with Gasteiger partial charge in [0, 0.05) is 11.8 Å². The SMILES string of the molecule is COc1cc(-c2ncn(/C=C\c3nonc3COC(F)(F)F)n2)cc(C(F)(F)F)c1. The molecule has 14 heteroatoms. The molecule has 30 heavy (non-hydrogen) atoms. The van der Waals surface area contributed by atoms with Crippen molar-refractivity contribution in [2.24, 2.45) is 0 Å². The van der Waals surface area contributed by atoms with Crippen molar-refractivity contribution in [2.75, 3.05) is 7.11 Å². The van der Waals surface area contributed by atoms with E-state index in [2.05, 4.69) is 29.8 Å². The zero-order valence-electron chi connectivity index (χ0n) is 14.9. The topological polar surface area (TPSA) is 88.1 Å². The van der Waals surface area contributed by atoms with Crippen LogP contribution in [0.4, 0.5) is 26.3 Å². The molecule has 0 atom stereocenters. The first kappa shape index (κ1) is 21.3.